The molecular formula is C21H22ClN3O2. The van der Waals surface area contributed by atoms with E-state index in [9.17, 15) is 4.79 Å². The minimum atomic E-state index is -0.00203. The lowest BCUT2D eigenvalue weighted by Crippen LogP contribution is -2.19. The molecule has 0 spiro atoms. The molecule has 1 aliphatic rings. The average molecular weight is 384 g/mol. The third-order valence-corrected chi connectivity index (χ3v) is 5.03. The molecule has 140 valence electrons. The molecule has 0 bridgehead atoms. The summed E-state index contributed by atoms with van der Waals surface area (Å²) in [5, 5.41) is 5.07. The van der Waals surface area contributed by atoms with Crippen molar-refractivity contribution in [2.45, 2.75) is 32.7 Å². The predicted molar refractivity (Wildman–Crippen MR) is 107 cm³/mol. The van der Waals surface area contributed by atoms with Gasteiger partial charge in [-0.2, -0.15) is 5.10 Å². The number of halogens is 1. The topological polar surface area (TPSA) is 49.0 Å². The number of hydrogen-bond acceptors (Lipinski definition) is 3. The number of benzene rings is 1. The highest BCUT2D eigenvalue weighted by Gasteiger charge is 2.22. The number of aromatic nitrogens is 3. The molecule has 5 nitrogen and oxygen atoms in total. The monoisotopic (exact) mass is 383 g/mol. The molecule has 2 aromatic heterocycles. The summed E-state index contributed by atoms with van der Waals surface area (Å²) in [7, 11) is 0. The maximum Gasteiger partial charge on any atom is 0.250 e. The lowest BCUT2D eigenvalue weighted by atomic mass is 10.1. The van der Waals surface area contributed by atoms with E-state index in [0.717, 1.165) is 35.6 Å². The fraction of sp³-hybridized carbons (Fsp3) is 0.333. The van der Waals surface area contributed by atoms with Crippen LogP contribution < -0.4 is 10.3 Å². The second kappa shape index (κ2) is 7.61. The molecule has 1 saturated carbocycles. The van der Waals surface area contributed by atoms with Crippen molar-refractivity contribution in [3.05, 3.63) is 64.3 Å². The van der Waals surface area contributed by atoms with Gasteiger partial charge in [-0.25, -0.2) is 4.68 Å². The normalized spacial score (nSPS) is 13.7. The van der Waals surface area contributed by atoms with Gasteiger partial charge in [0.15, 0.2) is 0 Å². The first-order valence-corrected chi connectivity index (χ1v) is 9.70. The average Bonchev–Trinajstić information content (AvgIpc) is 3.37. The fourth-order valence-corrected chi connectivity index (χ4v) is 3.27. The highest BCUT2D eigenvalue weighted by atomic mass is 35.5. The van der Waals surface area contributed by atoms with E-state index in [1.807, 2.05) is 37.5 Å². The molecule has 27 heavy (non-hydrogen) atoms. The maximum atomic E-state index is 11.9. The number of nitrogens with zero attached hydrogens (tertiary/aromatic N) is 3. The standard InChI is InChI=1S/C21H22ClN3O2/c1-2-9-24-13-17(5-8-21(24)26)25-12-16(11-23-25)19-7-6-18(10-20(19)22)27-14-15-3-4-15/h5-8,10-13,15H,2-4,9,14H2,1H3. The van der Waals surface area contributed by atoms with Gasteiger partial charge in [-0.05, 0) is 49.4 Å². The van der Waals surface area contributed by atoms with E-state index in [1.54, 1.807) is 27.6 Å². The summed E-state index contributed by atoms with van der Waals surface area (Å²) in [5.41, 5.74) is 2.66. The van der Waals surface area contributed by atoms with Crippen LogP contribution in [0, 0.1) is 5.92 Å². The Morgan fingerprint density at radius 1 is 1.22 bits per heavy atom. The van der Waals surface area contributed by atoms with Gasteiger partial charge in [0.25, 0.3) is 5.56 Å². The second-order valence-corrected chi connectivity index (χ2v) is 7.40. The van der Waals surface area contributed by atoms with Crippen molar-refractivity contribution in [1.82, 2.24) is 14.3 Å². The van der Waals surface area contributed by atoms with Gasteiger partial charge in [0.1, 0.15) is 5.75 Å². The molecule has 0 unspecified atom stereocenters. The van der Waals surface area contributed by atoms with Gasteiger partial charge in [-0.3, -0.25) is 4.79 Å². The number of ether oxygens (including phenoxy) is 1. The zero-order valence-electron chi connectivity index (χ0n) is 15.3. The van der Waals surface area contributed by atoms with Crippen LogP contribution in [0.3, 0.4) is 0 Å². The molecule has 6 heteroatoms. The summed E-state index contributed by atoms with van der Waals surface area (Å²) in [6.07, 6.45) is 8.95. The van der Waals surface area contributed by atoms with Crippen LogP contribution in [0.15, 0.2) is 53.7 Å². The fourth-order valence-electron chi connectivity index (χ4n) is 2.99. The smallest absolute Gasteiger partial charge is 0.250 e. The Hall–Kier alpha value is -2.53. The summed E-state index contributed by atoms with van der Waals surface area (Å²) < 4.78 is 9.25. The second-order valence-electron chi connectivity index (χ2n) is 6.99. The molecule has 2 heterocycles. The molecule has 1 fully saturated rings. The molecule has 0 saturated heterocycles. The summed E-state index contributed by atoms with van der Waals surface area (Å²) in [4.78, 5) is 11.9. The van der Waals surface area contributed by atoms with Crippen LogP contribution in [0.5, 0.6) is 5.75 Å². The van der Waals surface area contributed by atoms with Crippen molar-refractivity contribution in [3.8, 4) is 22.6 Å². The summed E-state index contributed by atoms with van der Waals surface area (Å²) in [5.74, 6) is 1.51. The lowest BCUT2D eigenvalue weighted by molar-refractivity contribution is 0.300. The third kappa shape index (κ3) is 4.08. The van der Waals surface area contributed by atoms with Gasteiger partial charge in [-0.1, -0.05) is 18.5 Å². The third-order valence-electron chi connectivity index (χ3n) is 4.71. The van der Waals surface area contributed by atoms with E-state index in [0.29, 0.717) is 17.5 Å². The van der Waals surface area contributed by atoms with Crippen LogP contribution in [-0.2, 0) is 6.54 Å². The van der Waals surface area contributed by atoms with E-state index in [-0.39, 0.29) is 5.56 Å². The quantitative estimate of drug-likeness (QED) is 0.601. The molecule has 0 N–H and O–H groups in total. The number of aryl methyl sites for hydroxylation is 1. The molecule has 0 aliphatic heterocycles. The Balaban J connectivity index is 1.57. The molecule has 0 radical (unpaired) electrons. The zero-order chi connectivity index (χ0) is 18.8. The van der Waals surface area contributed by atoms with Crippen molar-refractivity contribution < 1.29 is 4.74 Å². The van der Waals surface area contributed by atoms with Crippen LogP contribution >= 0.6 is 11.6 Å². The highest BCUT2D eigenvalue weighted by Crippen LogP contribution is 2.33. The van der Waals surface area contributed by atoms with Crippen LogP contribution in [0.25, 0.3) is 16.8 Å². The molecule has 0 amide bonds. The van der Waals surface area contributed by atoms with Gasteiger partial charge in [0, 0.05) is 36.1 Å². The minimum absolute atomic E-state index is 0.00203. The van der Waals surface area contributed by atoms with E-state index in [4.69, 9.17) is 16.3 Å². The minimum Gasteiger partial charge on any atom is -0.493 e. The van der Waals surface area contributed by atoms with Gasteiger partial charge in [0.05, 0.1) is 23.5 Å². The summed E-state index contributed by atoms with van der Waals surface area (Å²) >= 11 is 6.47. The Bertz CT molecular complexity index is 1000. The van der Waals surface area contributed by atoms with Crippen LogP contribution in [0.4, 0.5) is 0 Å². The Morgan fingerprint density at radius 2 is 2.07 bits per heavy atom. The molecule has 1 aromatic carbocycles. The number of rotatable bonds is 7. The maximum absolute atomic E-state index is 11.9. The first-order valence-electron chi connectivity index (χ1n) is 9.32. The van der Waals surface area contributed by atoms with Crippen molar-refractivity contribution in [1.29, 1.82) is 0 Å². The first kappa shape index (κ1) is 17.9. The molecule has 3 aromatic rings. The first-order chi connectivity index (χ1) is 13.1. The zero-order valence-corrected chi connectivity index (χ0v) is 16.0. The summed E-state index contributed by atoms with van der Waals surface area (Å²) in [6.45, 7) is 3.50. The van der Waals surface area contributed by atoms with E-state index >= 15 is 0 Å². The van der Waals surface area contributed by atoms with Crippen molar-refractivity contribution in [3.63, 3.8) is 0 Å². The highest BCUT2D eigenvalue weighted by molar-refractivity contribution is 6.33. The van der Waals surface area contributed by atoms with E-state index in [1.165, 1.54) is 12.8 Å². The van der Waals surface area contributed by atoms with Crippen molar-refractivity contribution >= 4 is 11.6 Å². The van der Waals surface area contributed by atoms with Gasteiger partial charge >= 0.3 is 0 Å². The molecular weight excluding hydrogens is 362 g/mol. The predicted octanol–water partition coefficient (Wildman–Crippen LogP) is 4.55. The van der Waals surface area contributed by atoms with Crippen molar-refractivity contribution in [2.75, 3.05) is 6.61 Å². The number of pyridine rings is 1. The molecule has 1 aliphatic carbocycles. The Kier molecular flexibility index (Phi) is 5.03. The van der Waals surface area contributed by atoms with Crippen LogP contribution in [0.2, 0.25) is 5.02 Å². The van der Waals surface area contributed by atoms with Crippen LogP contribution in [-0.4, -0.2) is 21.0 Å². The lowest BCUT2D eigenvalue weighted by Gasteiger charge is -2.08. The number of hydrogen-bond donors (Lipinski definition) is 0. The molecule has 4 rings (SSSR count). The Labute approximate surface area is 163 Å². The SMILES string of the molecule is CCCn1cc(-n2cc(-c3ccc(OCC4CC4)cc3Cl)cn2)ccc1=O. The van der Waals surface area contributed by atoms with Gasteiger partial charge < -0.3 is 9.30 Å². The van der Waals surface area contributed by atoms with Gasteiger partial charge in [0.2, 0.25) is 0 Å². The van der Waals surface area contributed by atoms with Crippen LogP contribution in [0.1, 0.15) is 26.2 Å². The molecule has 0 atom stereocenters. The van der Waals surface area contributed by atoms with Crippen molar-refractivity contribution in [2.24, 2.45) is 5.92 Å². The Morgan fingerprint density at radius 3 is 2.81 bits per heavy atom. The van der Waals surface area contributed by atoms with E-state index < -0.39 is 0 Å². The van der Waals surface area contributed by atoms with Gasteiger partial charge in [-0.15, -0.1) is 0 Å². The largest absolute Gasteiger partial charge is 0.493 e. The van der Waals surface area contributed by atoms with E-state index in [2.05, 4.69) is 5.10 Å². The summed E-state index contributed by atoms with van der Waals surface area (Å²) in [6, 6.07) is 9.12.